The highest BCUT2D eigenvalue weighted by atomic mass is 16.5. The molecular weight excluding hydrogens is 332 g/mol. The first kappa shape index (κ1) is 19.9. The van der Waals surface area contributed by atoms with Crippen LogP contribution in [0.1, 0.15) is 92.9 Å². The minimum atomic E-state index is 0.0649. The van der Waals surface area contributed by atoms with Crippen molar-refractivity contribution in [3.05, 3.63) is 0 Å². The lowest BCUT2D eigenvalue weighted by Crippen LogP contribution is -2.59. The Bertz CT molecular complexity index is 599. The summed E-state index contributed by atoms with van der Waals surface area (Å²) in [6, 6.07) is 0. The molecule has 9 atom stereocenters. The van der Waals surface area contributed by atoms with E-state index in [1.807, 2.05) is 0 Å². The molecule has 0 unspecified atom stereocenters. The summed E-state index contributed by atoms with van der Waals surface area (Å²) in [5.41, 5.74) is 0.776. The summed E-state index contributed by atoms with van der Waals surface area (Å²) >= 11 is 0. The lowest BCUT2D eigenvalue weighted by Gasteiger charge is -2.63. The number of carbonyl (C=O) groups is 1. The molecule has 2 heteroatoms. The van der Waals surface area contributed by atoms with Gasteiger partial charge in [-0.2, -0.15) is 0 Å². The molecule has 0 aromatic heterocycles. The van der Waals surface area contributed by atoms with Crippen molar-refractivity contribution in [2.45, 2.75) is 98.5 Å². The number of Topliss-reactive ketones (excluding diaryl/α,β-unsaturated/α-hetero) is 1. The Balaban J connectivity index is 1.64. The van der Waals surface area contributed by atoms with Gasteiger partial charge in [-0.05, 0) is 92.3 Å². The molecule has 0 spiro atoms. The van der Waals surface area contributed by atoms with E-state index in [4.69, 9.17) is 4.74 Å². The second-order valence-electron chi connectivity index (χ2n) is 11.6. The fourth-order valence-corrected chi connectivity index (χ4v) is 8.67. The Morgan fingerprint density at radius 2 is 1.74 bits per heavy atom. The van der Waals surface area contributed by atoms with Crippen molar-refractivity contribution in [3.8, 4) is 0 Å². The zero-order valence-corrected chi connectivity index (χ0v) is 18.6. The summed E-state index contributed by atoms with van der Waals surface area (Å²) in [6.45, 7) is 15.3. The molecule has 0 amide bonds. The first-order valence-electron chi connectivity index (χ1n) is 11.8. The predicted octanol–water partition coefficient (Wildman–Crippen LogP) is 6.28. The van der Waals surface area contributed by atoms with Crippen LogP contribution in [0.15, 0.2) is 0 Å². The van der Waals surface area contributed by atoms with Gasteiger partial charge >= 0.3 is 0 Å². The molecule has 0 radical (unpaired) electrons. The van der Waals surface area contributed by atoms with Crippen molar-refractivity contribution in [2.24, 2.45) is 46.3 Å². The molecule has 0 N–H and O–H groups in total. The number of hydrogen-bond donors (Lipinski definition) is 0. The fourth-order valence-electron chi connectivity index (χ4n) is 8.67. The third-order valence-electron chi connectivity index (χ3n) is 10.3. The second kappa shape index (κ2) is 6.57. The van der Waals surface area contributed by atoms with E-state index >= 15 is 0 Å². The van der Waals surface area contributed by atoms with Crippen LogP contribution in [0.25, 0.3) is 0 Å². The van der Waals surface area contributed by atoms with Gasteiger partial charge in [0.2, 0.25) is 0 Å². The summed E-state index contributed by atoms with van der Waals surface area (Å²) in [4.78, 5) is 12.5. The number of ether oxygens (including phenoxy) is 1. The molecule has 4 rings (SSSR count). The topological polar surface area (TPSA) is 26.3 Å². The minimum Gasteiger partial charge on any atom is -0.375 e. The highest BCUT2D eigenvalue weighted by Gasteiger charge is 2.65. The van der Waals surface area contributed by atoms with E-state index in [0.29, 0.717) is 28.4 Å². The molecule has 2 nitrogen and oxygen atoms in total. The van der Waals surface area contributed by atoms with Gasteiger partial charge < -0.3 is 4.74 Å². The van der Waals surface area contributed by atoms with Crippen LogP contribution in [-0.4, -0.2) is 18.0 Å². The molecule has 0 bridgehead atoms. The summed E-state index contributed by atoms with van der Waals surface area (Å²) in [5.74, 6) is 4.59. The lowest BCUT2D eigenvalue weighted by atomic mass is 9.42. The molecule has 0 aromatic rings. The average molecular weight is 375 g/mol. The second-order valence-corrected chi connectivity index (χ2v) is 11.6. The molecule has 27 heavy (non-hydrogen) atoms. The van der Waals surface area contributed by atoms with Gasteiger partial charge in [-0.1, -0.05) is 34.6 Å². The average Bonchev–Trinajstić information content (AvgIpc) is 2.88. The summed E-state index contributed by atoms with van der Waals surface area (Å²) < 4.78 is 6.54. The number of hydrogen-bond acceptors (Lipinski definition) is 2. The third kappa shape index (κ3) is 2.71. The zero-order valence-electron chi connectivity index (χ0n) is 18.6. The molecular formula is C25H42O2. The SMILES string of the molecule is CCCO[C@@]1(C)CC[C@H]2[C@@H]3C[C@H](C)[C@H]4CC(=O)[C@H](C)C[C@]4(C)[C@H]3CC[C@@]21C. The first-order valence-corrected chi connectivity index (χ1v) is 11.8. The standard InChI is InChI=1S/C25H42O2/c1-7-12-27-25(6)11-9-20-18-13-16(2)21-14-22(26)17(3)15-23(21,4)19(18)8-10-24(20,25)5/h16-21H,7-15H2,1-6H3/t16-,17+,18+,19-,20-,21+,23+,24-,25-/m0/s1. The highest BCUT2D eigenvalue weighted by molar-refractivity contribution is 5.82. The number of fused-ring (bicyclic) bond motifs is 5. The maximum absolute atomic E-state index is 12.5. The van der Waals surface area contributed by atoms with Gasteiger partial charge in [-0.3, -0.25) is 4.79 Å². The van der Waals surface area contributed by atoms with E-state index in [1.54, 1.807) is 0 Å². The van der Waals surface area contributed by atoms with Gasteiger partial charge in [0, 0.05) is 18.9 Å². The molecule has 154 valence electrons. The van der Waals surface area contributed by atoms with Crippen molar-refractivity contribution in [1.29, 1.82) is 0 Å². The third-order valence-corrected chi connectivity index (χ3v) is 10.3. The Morgan fingerprint density at radius 1 is 1.04 bits per heavy atom. The van der Waals surface area contributed by atoms with Gasteiger partial charge in [-0.15, -0.1) is 0 Å². The Morgan fingerprint density at radius 3 is 2.44 bits per heavy atom. The van der Waals surface area contributed by atoms with Crippen molar-refractivity contribution in [1.82, 2.24) is 0 Å². The zero-order chi connectivity index (χ0) is 19.6. The van der Waals surface area contributed by atoms with Crippen LogP contribution < -0.4 is 0 Å². The van der Waals surface area contributed by atoms with E-state index in [0.717, 1.165) is 43.6 Å². The summed E-state index contributed by atoms with van der Waals surface area (Å²) in [5, 5.41) is 0. The Labute approximate surface area is 167 Å². The van der Waals surface area contributed by atoms with E-state index in [1.165, 1.54) is 32.1 Å². The van der Waals surface area contributed by atoms with Crippen LogP contribution in [0.3, 0.4) is 0 Å². The van der Waals surface area contributed by atoms with Crippen LogP contribution in [0.2, 0.25) is 0 Å². The lowest BCUT2D eigenvalue weighted by molar-refractivity contribution is -0.180. The maximum atomic E-state index is 12.5. The Kier molecular flexibility index (Phi) is 4.85. The van der Waals surface area contributed by atoms with E-state index < -0.39 is 0 Å². The molecule has 4 aliphatic rings. The smallest absolute Gasteiger partial charge is 0.136 e. The summed E-state index contributed by atoms with van der Waals surface area (Å²) in [7, 11) is 0. The van der Waals surface area contributed by atoms with Crippen LogP contribution in [0.4, 0.5) is 0 Å². The monoisotopic (exact) mass is 374 g/mol. The van der Waals surface area contributed by atoms with Crippen LogP contribution >= 0.6 is 0 Å². The quantitative estimate of drug-likeness (QED) is 0.581. The van der Waals surface area contributed by atoms with Gasteiger partial charge in [0.05, 0.1) is 5.60 Å². The molecule has 0 aromatic carbocycles. The van der Waals surface area contributed by atoms with Crippen LogP contribution in [-0.2, 0) is 9.53 Å². The minimum absolute atomic E-state index is 0.0649. The first-order chi connectivity index (χ1) is 12.7. The molecule has 4 aliphatic carbocycles. The van der Waals surface area contributed by atoms with Gasteiger partial charge in [0.1, 0.15) is 5.78 Å². The number of ketones is 1. The predicted molar refractivity (Wildman–Crippen MR) is 110 cm³/mol. The number of rotatable bonds is 3. The normalized spacial score (nSPS) is 55.0. The Hall–Kier alpha value is -0.370. The van der Waals surface area contributed by atoms with Crippen molar-refractivity contribution in [3.63, 3.8) is 0 Å². The van der Waals surface area contributed by atoms with E-state index in [9.17, 15) is 4.79 Å². The number of carbonyl (C=O) groups excluding carboxylic acids is 1. The molecule has 4 fully saturated rings. The van der Waals surface area contributed by atoms with Crippen molar-refractivity contribution < 1.29 is 9.53 Å². The maximum Gasteiger partial charge on any atom is 0.136 e. The molecule has 0 heterocycles. The fraction of sp³-hybridized carbons (Fsp3) is 0.960. The molecule has 0 saturated heterocycles. The van der Waals surface area contributed by atoms with Gasteiger partial charge in [-0.25, -0.2) is 0 Å². The van der Waals surface area contributed by atoms with Crippen molar-refractivity contribution in [2.75, 3.05) is 6.61 Å². The summed E-state index contributed by atoms with van der Waals surface area (Å²) in [6.07, 6.45) is 9.69. The van der Waals surface area contributed by atoms with E-state index in [2.05, 4.69) is 41.5 Å². The van der Waals surface area contributed by atoms with E-state index in [-0.39, 0.29) is 11.5 Å². The molecule has 4 saturated carbocycles. The highest BCUT2D eigenvalue weighted by Crippen LogP contribution is 2.69. The van der Waals surface area contributed by atoms with Gasteiger partial charge in [0.15, 0.2) is 0 Å². The largest absolute Gasteiger partial charge is 0.375 e. The van der Waals surface area contributed by atoms with Gasteiger partial charge in [0.25, 0.3) is 0 Å². The molecule has 0 aliphatic heterocycles. The van der Waals surface area contributed by atoms with Crippen molar-refractivity contribution >= 4 is 5.78 Å². The van der Waals surface area contributed by atoms with Crippen LogP contribution in [0.5, 0.6) is 0 Å². The van der Waals surface area contributed by atoms with Crippen LogP contribution in [0, 0.1) is 46.3 Å².